The number of hydrogen-bond donors (Lipinski definition) is 2. The maximum absolute atomic E-state index is 12.8. The van der Waals surface area contributed by atoms with Gasteiger partial charge in [-0.2, -0.15) is 0 Å². The van der Waals surface area contributed by atoms with Crippen LogP contribution in [0.5, 0.6) is 0 Å². The summed E-state index contributed by atoms with van der Waals surface area (Å²) in [5.74, 6) is 4.50. The van der Waals surface area contributed by atoms with Gasteiger partial charge in [0.25, 0.3) is 0 Å². The van der Waals surface area contributed by atoms with Gasteiger partial charge < -0.3 is 15.2 Å². The van der Waals surface area contributed by atoms with E-state index >= 15 is 0 Å². The number of ether oxygens (including phenoxy) is 1. The number of hydrogen-bond acceptors (Lipinski definition) is 3. The van der Waals surface area contributed by atoms with Gasteiger partial charge in [-0.15, -0.1) is 0 Å². The minimum atomic E-state index is -0.912. The summed E-state index contributed by atoms with van der Waals surface area (Å²) in [7, 11) is 0. The van der Waals surface area contributed by atoms with Gasteiger partial charge in [0, 0.05) is 0 Å². The molecular formula is C28H45NO4. The van der Waals surface area contributed by atoms with Crippen LogP contribution in [0.15, 0.2) is 0 Å². The molecule has 5 fully saturated rings. The van der Waals surface area contributed by atoms with Crippen LogP contribution in [-0.4, -0.2) is 29.8 Å². The fraction of sp³-hybridized carbons (Fsp3) is 0.929. The highest BCUT2D eigenvalue weighted by Gasteiger charge is 2.51. The van der Waals surface area contributed by atoms with E-state index in [0.29, 0.717) is 42.6 Å². The number of carboxylic acids is 1. The molecule has 0 radical (unpaired) electrons. The molecule has 0 aromatic rings. The average Bonchev–Trinajstić information content (AvgIpc) is 3.16. The molecule has 5 heteroatoms. The summed E-state index contributed by atoms with van der Waals surface area (Å²) in [6.45, 7) is 0.481. The van der Waals surface area contributed by atoms with Crippen molar-refractivity contribution in [3.63, 3.8) is 0 Å². The van der Waals surface area contributed by atoms with Crippen molar-refractivity contribution >= 4 is 12.1 Å². The standard InChI is InChI=1S/C28H45NO4/c30-27(31)26(16-19-10-7-9-18-8-1-2-11-20(18)19)29-28(32)33-17-25-23-14-5-3-12-21(23)22-13-4-6-15-24(22)25/h18-26H,1-17H2,(H,29,32)(H,30,31). The third-order valence-electron chi connectivity index (χ3n) is 10.7. The second-order valence-electron chi connectivity index (χ2n) is 12.2. The van der Waals surface area contributed by atoms with Gasteiger partial charge in [-0.3, -0.25) is 0 Å². The molecule has 0 aromatic carbocycles. The molecule has 186 valence electrons. The smallest absolute Gasteiger partial charge is 0.407 e. The molecule has 2 N–H and O–H groups in total. The van der Waals surface area contributed by atoms with Gasteiger partial charge in [-0.25, -0.2) is 9.59 Å². The molecule has 0 aromatic heterocycles. The zero-order chi connectivity index (χ0) is 22.8. The van der Waals surface area contributed by atoms with Crippen LogP contribution in [0.25, 0.3) is 0 Å². The molecule has 0 spiro atoms. The third-order valence-corrected chi connectivity index (χ3v) is 10.7. The average molecular weight is 460 g/mol. The van der Waals surface area contributed by atoms with Crippen molar-refractivity contribution in [2.75, 3.05) is 6.61 Å². The van der Waals surface area contributed by atoms with Gasteiger partial charge in [-0.05, 0) is 85.9 Å². The molecular weight excluding hydrogens is 414 g/mol. The van der Waals surface area contributed by atoms with Gasteiger partial charge in [0.15, 0.2) is 0 Å². The Hall–Kier alpha value is -1.26. The van der Waals surface area contributed by atoms with Gasteiger partial charge in [0.05, 0.1) is 6.61 Å². The van der Waals surface area contributed by atoms with Crippen molar-refractivity contribution in [1.29, 1.82) is 0 Å². The predicted octanol–water partition coefficient (Wildman–Crippen LogP) is 6.41. The molecule has 33 heavy (non-hydrogen) atoms. The maximum Gasteiger partial charge on any atom is 0.407 e. The van der Waals surface area contributed by atoms with Crippen LogP contribution >= 0.6 is 0 Å². The number of nitrogens with one attached hydrogen (secondary N) is 1. The monoisotopic (exact) mass is 459 g/mol. The Morgan fingerprint density at radius 1 is 0.727 bits per heavy atom. The van der Waals surface area contributed by atoms with Crippen molar-refractivity contribution in [1.82, 2.24) is 5.32 Å². The first-order valence-corrected chi connectivity index (χ1v) is 14.3. The fourth-order valence-corrected chi connectivity index (χ4v) is 9.31. The Labute approximate surface area is 199 Å². The summed E-state index contributed by atoms with van der Waals surface area (Å²) >= 11 is 0. The predicted molar refractivity (Wildman–Crippen MR) is 128 cm³/mol. The number of carbonyl (C=O) groups excluding carboxylic acids is 1. The molecule has 1 amide bonds. The lowest BCUT2D eigenvalue weighted by Gasteiger charge is -2.42. The number of carbonyl (C=O) groups is 2. The Balaban J connectivity index is 1.16. The van der Waals surface area contributed by atoms with Crippen LogP contribution in [0.4, 0.5) is 4.79 Å². The Bertz CT molecular complexity index is 671. The van der Waals surface area contributed by atoms with Crippen molar-refractivity contribution in [2.24, 2.45) is 47.3 Å². The SMILES string of the molecule is O=C(NC(CC1CCCC2CCCCC21)C(=O)O)OCC1C2CCCCC2C2CCCCC21. The molecule has 5 aliphatic rings. The molecule has 5 saturated carbocycles. The molecule has 5 rings (SSSR count). The maximum atomic E-state index is 12.8. The first-order chi connectivity index (χ1) is 16.1. The summed E-state index contributed by atoms with van der Waals surface area (Å²) < 4.78 is 5.79. The molecule has 0 saturated heterocycles. The lowest BCUT2D eigenvalue weighted by molar-refractivity contribution is -0.140. The Morgan fingerprint density at radius 3 is 1.91 bits per heavy atom. The molecule has 5 aliphatic carbocycles. The third kappa shape index (κ3) is 5.07. The van der Waals surface area contributed by atoms with E-state index in [9.17, 15) is 14.7 Å². The molecule has 5 nitrogen and oxygen atoms in total. The minimum Gasteiger partial charge on any atom is -0.480 e. The number of amides is 1. The molecule has 0 aliphatic heterocycles. The van der Waals surface area contributed by atoms with Crippen molar-refractivity contribution in [2.45, 2.75) is 109 Å². The normalized spacial score (nSPS) is 41.2. The molecule has 0 bridgehead atoms. The van der Waals surface area contributed by atoms with Crippen LogP contribution < -0.4 is 5.32 Å². The van der Waals surface area contributed by atoms with E-state index in [-0.39, 0.29) is 0 Å². The topological polar surface area (TPSA) is 75.6 Å². The highest BCUT2D eigenvalue weighted by atomic mass is 16.5. The van der Waals surface area contributed by atoms with Gasteiger partial charge in [0.1, 0.15) is 6.04 Å². The van der Waals surface area contributed by atoms with E-state index < -0.39 is 18.1 Å². The van der Waals surface area contributed by atoms with E-state index in [1.807, 2.05) is 0 Å². The number of fused-ring (bicyclic) bond motifs is 4. The fourth-order valence-electron chi connectivity index (χ4n) is 9.31. The van der Waals surface area contributed by atoms with E-state index in [0.717, 1.165) is 24.2 Å². The number of aliphatic carboxylic acids is 1. The van der Waals surface area contributed by atoms with Gasteiger partial charge >= 0.3 is 12.1 Å². The van der Waals surface area contributed by atoms with Crippen LogP contribution in [0.2, 0.25) is 0 Å². The van der Waals surface area contributed by atoms with Crippen molar-refractivity contribution in [3.8, 4) is 0 Å². The second kappa shape index (κ2) is 10.6. The Kier molecular flexibility index (Phi) is 7.51. The lowest BCUT2D eigenvalue weighted by atomic mass is 9.64. The highest BCUT2D eigenvalue weighted by Crippen LogP contribution is 2.57. The van der Waals surface area contributed by atoms with E-state index in [4.69, 9.17) is 4.74 Å². The zero-order valence-corrected chi connectivity index (χ0v) is 20.4. The quantitative estimate of drug-likeness (QED) is 0.481. The summed E-state index contributed by atoms with van der Waals surface area (Å²) in [6.07, 6.45) is 19.5. The van der Waals surface area contributed by atoms with E-state index in [2.05, 4.69) is 5.32 Å². The summed E-state index contributed by atoms with van der Waals surface area (Å²) in [6, 6.07) is -0.823. The van der Waals surface area contributed by atoms with Gasteiger partial charge in [-0.1, -0.05) is 64.2 Å². The second-order valence-corrected chi connectivity index (χ2v) is 12.2. The largest absolute Gasteiger partial charge is 0.480 e. The molecule has 8 unspecified atom stereocenters. The summed E-state index contributed by atoms with van der Waals surface area (Å²) in [5.41, 5.74) is 0. The zero-order valence-electron chi connectivity index (χ0n) is 20.4. The van der Waals surface area contributed by atoms with E-state index in [1.54, 1.807) is 0 Å². The van der Waals surface area contributed by atoms with Crippen LogP contribution in [0.3, 0.4) is 0 Å². The molecule has 8 atom stereocenters. The van der Waals surface area contributed by atoms with Crippen LogP contribution in [0.1, 0.15) is 103 Å². The lowest BCUT2D eigenvalue weighted by Crippen LogP contribution is -2.45. The number of carboxylic acid groups (broad SMARTS) is 1. The number of rotatable bonds is 6. The summed E-state index contributed by atoms with van der Waals surface area (Å²) in [4.78, 5) is 24.8. The number of alkyl carbamates (subject to hydrolysis) is 1. The first kappa shape index (κ1) is 23.5. The minimum absolute atomic E-state index is 0.422. The van der Waals surface area contributed by atoms with E-state index in [1.165, 1.54) is 89.9 Å². The summed E-state index contributed by atoms with van der Waals surface area (Å²) in [5, 5.41) is 12.6. The molecule has 0 heterocycles. The van der Waals surface area contributed by atoms with Crippen LogP contribution in [0, 0.1) is 47.3 Å². The van der Waals surface area contributed by atoms with Crippen LogP contribution in [-0.2, 0) is 9.53 Å². The first-order valence-electron chi connectivity index (χ1n) is 14.3. The highest BCUT2D eigenvalue weighted by molar-refractivity contribution is 5.79. The van der Waals surface area contributed by atoms with Gasteiger partial charge in [0.2, 0.25) is 0 Å². The van der Waals surface area contributed by atoms with Crippen molar-refractivity contribution < 1.29 is 19.4 Å². The Morgan fingerprint density at radius 2 is 1.27 bits per heavy atom. The van der Waals surface area contributed by atoms with Crippen molar-refractivity contribution in [3.05, 3.63) is 0 Å².